The van der Waals surface area contributed by atoms with Gasteiger partial charge in [-0.3, -0.25) is 9.89 Å². The third-order valence-electron chi connectivity index (χ3n) is 5.34. The maximum absolute atomic E-state index is 12.4. The highest BCUT2D eigenvalue weighted by atomic mass is 16.5. The number of hydrogen-bond donors (Lipinski definition) is 3. The molecule has 0 atom stereocenters. The number of methoxy groups -OCH3 is 1. The van der Waals surface area contributed by atoms with Crippen LogP contribution < -0.4 is 15.8 Å². The first-order chi connectivity index (χ1) is 16.2. The Hall–Kier alpha value is -4.20. The Bertz CT molecular complexity index is 1260. The molecule has 2 heterocycles. The molecule has 0 saturated heterocycles. The second-order valence-corrected chi connectivity index (χ2v) is 7.54. The number of nitrogen functional groups attached to an aromatic ring is 1. The molecule has 2 aromatic carbocycles. The summed E-state index contributed by atoms with van der Waals surface area (Å²) < 4.78 is 5.23. The van der Waals surface area contributed by atoms with E-state index in [1.165, 1.54) is 25.6 Å². The maximum atomic E-state index is 12.4. The first kappa shape index (κ1) is 22.0. The van der Waals surface area contributed by atoms with Crippen LogP contribution >= 0.6 is 0 Å². The summed E-state index contributed by atoms with van der Waals surface area (Å²) in [5, 5.41) is 10.7. The van der Waals surface area contributed by atoms with Gasteiger partial charge in [0.15, 0.2) is 5.65 Å². The van der Waals surface area contributed by atoms with Crippen molar-refractivity contribution in [1.29, 1.82) is 0 Å². The Morgan fingerprint density at radius 1 is 1.09 bits per heavy atom. The molecule has 8 nitrogen and oxygen atoms in total. The lowest BCUT2D eigenvalue weighted by Crippen LogP contribution is -2.23. The van der Waals surface area contributed by atoms with E-state index in [1.807, 2.05) is 30.3 Å². The van der Waals surface area contributed by atoms with Gasteiger partial charge in [0, 0.05) is 12.1 Å². The van der Waals surface area contributed by atoms with Crippen molar-refractivity contribution >= 4 is 22.8 Å². The summed E-state index contributed by atoms with van der Waals surface area (Å²) in [5.41, 5.74) is 9.61. The zero-order valence-corrected chi connectivity index (χ0v) is 18.4. The number of para-hydroxylation sites is 1. The number of amides is 1. The number of nitrogens with one attached hydrogen (secondary N) is 2. The summed E-state index contributed by atoms with van der Waals surface area (Å²) in [4.78, 5) is 20.5. The molecule has 5 rings (SSSR count). The van der Waals surface area contributed by atoms with Crippen LogP contribution in [0.15, 0.2) is 67.0 Å². The minimum atomic E-state index is -0.189. The molecule has 1 amide bonds. The number of allylic oxidation sites excluding steroid dienone is 2. The molecule has 4 N–H and O–H groups in total. The Morgan fingerprint density at radius 2 is 1.85 bits per heavy atom. The smallest absolute Gasteiger partial charge is 0.255 e. The lowest BCUT2D eigenvalue weighted by Gasteiger charge is -2.09. The van der Waals surface area contributed by atoms with Gasteiger partial charge in [-0.15, -0.1) is 0 Å². The molecule has 0 bridgehead atoms. The van der Waals surface area contributed by atoms with Crippen molar-refractivity contribution in [1.82, 2.24) is 25.5 Å². The molecular weight excluding hydrogens is 416 g/mol. The zero-order chi connectivity index (χ0) is 23.0. The Balaban J connectivity index is 0.000000459. The second kappa shape index (κ2) is 10.4. The second-order valence-electron chi connectivity index (χ2n) is 7.54. The quantitative estimate of drug-likeness (QED) is 0.397. The van der Waals surface area contributed by atoms with Crippen molar-refractivity contribution in [2.24, 2.45) is 0 Å². The lowest BCUT2D eigenvalue weighted by molar-refractivity contribution is 0.0948. The predicted octanol–water partition coefficient (Wildman–Crippen LogP) is 4.27. The highest BCUT2D eigenvalue weighted by molar-refractivity contribution is 5.98. The number of anilines is 1. The van der Waals surface area contributed by atoms with Gasteiger partial charge >= 0.3 is 0 Å². The molecule has 33 heavy (non-hydrogen) atoms. The molecule has 0 spiro atoms. The average molecular weight is 443 g/mol. The number of carbonyl (C=O) groups excluding carboxylic acids is 1. The van der Waals surface area contributed by atoms with Gasteiger partial charge in [-0.25, -0.2) is 9.97 Å². The van der Waals surface area contributed by atoms with Crippen molar-refractivity contribution in [3.8, 4) is 17.0 Å². The van der Waals surface area contributed by atoms with E-state index in [9.17, 15) is 4.79 Å². The van der Waals surface area contributed by atoms with Crippen molar-refractivity contribution < 1.29 is 9.53 Å². The monoisotopic (exact) mass is 442 g/mol. The standard InChI is InChI=1S/C20H18N6O2.C5H8/c1-28-15-5-3-2-4-14(15)20(27)22-10-12-6-8-13(9-7-12)17-16-18(21)23-11-24-19(16)26-25-17;1-2-4-5-3-1/h2-9,11H,10H2,1H3,(H,22,27)(H3,21,23,24,25,26);1-2H,3-5H2. The maximum Gasteiger partial charge on any atom is 0.255 e. The SMILES string of the molecule is C1=CCCC1.COc1ccccc1C(=O)NCc1ccc(-c2[nH]nc3ncnc(N)c23)cc1. The van der Waals surface area contributed by atoms with Gasteiger partial charge in [0.2, 0.25) is 0 Å². The normalized spacial score (nSPS) is 12.3. The summed E-state index contributed by atoms with van der Waals surface area (Å²) in [6.45, 7) is 0.395. The molecule has 0 radical (unpaired) electrons. The van der Waals surface area contributed by atoms with Gasteiger partial charge in [0.25, 0.3) is 5.91 Å². The number of aromatic nitrogens is 4. The fraction of sp³-hybridized carbons (Fsp3) is 0.200. The molecule has 1 aliphatic carbocycles. The highest BCUT2D eigenvalue weighted by Gasteiger charge is 2.13. The first-order valence-corrected chi connectivity index (χ1v) is 10.8. The van der Waals surface area contributed by atoms with E-state index in [2.05, 4.69) is 37.6 Å². The summed E-state index contributed by atoms with van der Waals surface area (Å²) in [7, 11) is 1.54. The van der Waals surface area contributed by atoms with Crippen LogP contribution in [0.5, 0.6) is 5.75 Å². The number of fused-ring (bicyclic) bond motifs is 1. The molecular formula is C25H26N6O2. The Morgan fingerprint density at radius 3 is 2.55 bits per heavy atom. The Kier molecular flexibility index (Phi) is 6.94. The van der Waals surface area contributed by atoms with Gasteiger partial charge in [-0.2, -0.15) is 5.10 Å². The van der Waals surface area contributed by atoms with E-state index in [1.54, 1.807) is 25.3 Å². The molecule has 0 saturated carbocycles. The minimum absolute atomic E-state index is 0.189. The van der Waals surface area contributed by atoms with E-state index in [0.717, 1.165) is 16.8 Å². The average Bonchev–Trinajstić information content (AvgIpc) is 3.57. The number of carbonyl (C=O) groups is 1. The largest absolute Gasteiger partial charge is 0.496 e. The van der Waals surface area contributed by atoms with Gasteiger partial charge in [-0.1, -0.05) is 48.6 Å². The number of H-pyrrole nitrogens is 1. The number of rotatable bonds is 5. The molecule has 0 unspecified atom stereocenters. The van der Waals surface area contributed by atoms with Gasteiger partial charge in [0.1, 0.15) is 17.9 Å². The number of benzene rings is 2. The van der Waals surface area contributed by atoms with Gasteiger partial charge in [-0.05, 0) is 37.0 Å². The van der Waals surface area contributed by atoms with Crippen LogP contribution in [0.3, 0.4) is 0 Å². The number of ether oxygens (including phenoxy) is 1. The van der Waals surface area contributed by atoms with Crippen LogP contribution in [0.2, 0.25) is 0 Å². The lowest BCUT2D eigenvalue weighted by atomic mass is 10.1. The summed E-state index contributed by atoms with van der Waals surface area (Å²) >= 11 is 0. The number of aromatic amines is 1. The number of nitrogens with zero attached hydrogens (tertiary/aromatic N) is 3. The summed E-state index contributed by atoms with van der Waals surface area (Å²) in [6, 6.07) is 14.9. The van der Waals surface area contributed by atoms with Crippen LogP contribution in [0, 0.1) is 0 Å². The van der Waals surface area contributed by atoms with E-state index >= 15 is 0 Å². The minimum Gasteiger partial charge on any atom is -0.496 e. The van der Waals surface area contributed by atoms with E-state index in [4.69, 9.17) is 10.5 Å². The van der Waals surface area contributed by atoms with Crippen molar-refractivity contribution in [2.75, 3.05) is 12.8 Å². The van der Waals surface area contributed by atoms with Gasteiger partial charge < -0.3 is 15.8 Å². The third-order valence-corrected chi connectivity index (χ3v) is 5.34. The first-order valence-electron chi connectivity index (χ1n) is 10.8. The topological polar surface area (TPSA) is 119 Å². The zero-order valence-electron chi connectivity index (χ0n) is 18.4. The third kappa shape index (κ3) is 5.17. The Labute approximate surface area is 191 Å². The van der Waals surface area contributed by atoms with Crippen LogP contribution in [0.4, 0.5) is 5.82 Å². The molecule has 1 aliphatic rings. The van der Waals surface area contributed by atoms with Gasteiger partial charge in [0.05, 0.1) is 23.8 Å². The number of hydrogen-bond acceptors (Lipinski definition) is 6. The van der Waals surface area contributed by atoms with E-state index in [0.29, 0.717) is 34.7 Å². The molecule has 2 aromatic heterocycles. The van der Waals surface area contributed by atoms with Crippen LogP contribution in [0.1, 0.15) is 35.2 Å². The number of nitrogens with two attached hydrogens (primary N) is 1. The van der Waals surface area contributed by atoms with Crippen LogP contribution in [0.25, 0.3) is 22.3 Å². The van der Waals surface area contributed by atoms with Crippen molar-refractivity contribution in [3.05, 3.63) is 78.1 Å². The van der Waals surface area contributed by atoms with Crippen molar-refractivity contribution in [3.63, 3.8) is 0 Å². The van der Waals surface area contributed by atoms with Crippen LogP contribution in [-0.4, -0.2) is 33.2 Å². The fourth-order valence-corrected chi connectivity index (χ4v) is 3.58. The molecule has 168 valence electrons. The summed E-state index contributed by atoms with van der Waals surface area (Å²) in [5.74, 6) is 0.731. The molecule has 0 fully saturated rings. The van der Waals surface area contributed by atoms with Crippen LogP contribution in [-0.2, 0) is 6.54 Å². The fourth-order valence-electron chi connectivity index (χ4n) is 3.58. The molecule has 0 aliphatic heterocycles. The van der Waals surface area contributed by atoms with E-state index < -0.39 is 0 Å². The molecule has 4 aromatic rings. The highest BCUT2D eigenvalue weighted by Crippen LogP contribution is 2.28. The van der Waals surface area contributed by atoms with E-state index in [-0.39, 0.29) is 5.91 Å². The van der Waals surface area contributed by atoms with Crippen molar-refractivity contribution in [2.45, 2.75) is 25.8 Å². The predicted molar refractivity (Wildman–Crippen MR) is 129 cm³/mol. The summed E-state index contributed by atoms with van der Waals surface area (Å²) in [6.07, 6.45) is 9.88. The molecule has 8 heteroatoms.